The summed E-state index contributed by atoms with van der Waals surface area (Å²) in [6, 6.07) is 2.29. The Morgan fingerprint density at radius 2 is 1.58 bits per heavy atom. The van der Waals surface area contributed by atoms with Crippen LogP contribution in [0.4, 0.5) is 0 Å². The van der Waals surface area contributed by atoms with Gasteiger partial charge in [0.05, 0.1) is 0 Å². The van der Waals surface area contributed by atoms with E-state index in [0.29, 0.717) is 0 Å². The van der Waals surface area contributed by atoms with Gasteiger partial charge in [-0.2, -0.15) is 0 Å². The molecule has 0 atom stereocenters. The molecule has 0 bridgehead atoms. The van der Waals surface area contributed by atoms with Crippen molar-refractivity contribution in [1.82, 2.24) is 0 Å². The van der Waals surface area contributed by atoms with E-state index in [2.05, 4.69) is 49.8 Å². The first-order valence-corrected chi connectivity index (χ1v) is 5.43. The maximum atomic E-state index is 3.07. The van der Waals surface area contributed by atoms with Crippen molar-refractivity contribution < 1.29 is 0 Å². The summed E-state index contributed by atoms with van der Waals surface area (Å²) in [6.07, 6.45) is 0. The molecule has 1 rings (SSSR count). The van der Waals surface area contributed by atoms with Crippen molar-refractivity contribution in [2.75, 3.05) is 0 Å². The summed E-state index contributed by atoms with van der Waals surface area (Å²) >= 11 is 3.07. The van der Waals surface area contributed by atoms with Gasteiger partial charge in [0.1, 0.15) is 0 Å². The molecule has 0 saturated heterocycles. The van der Waals surface area contributed by atoms with Crippen LogP contribution in [0, 0.1) is 27.7 Å². The van der Waals surface area contributed by atoms with Crippen LogP contribution in [0.25, 0.3) is 0 Å². The molecule has 0 unspecified atom stereocenters. The Kier molecular flexibility index (Phi) is 2.98. The van der Waals surface area contributed by atoms with Gasteiger partial charge in [-0.15, -0.1) is 0 Å². The van der Waals surface area contributed by atoms with Crippen molar-refractivity contribution in [3.05, 3.63) is 33.9 Å². The zero-order chi connectivity index (χ0) is 9.30. The van der Waals surface area contributed by atoms with E-state index in [4.69, 9.17) is 0 Å². The van der Waals surface area contributed by atoms with E-state index in [1.807, 2.05) is 0 Å². The van der Waals surface area contributed by atoms with Crippen LogP contribution in [0.1, 0.15) is 27.8 Å². The van der Waals surface area contributed by atoms with Gasteiger partial charge >= 0.3 is 82.9 Å². The molecular formula is C11H15Se. The van der Waals surface area contributed by atoms with Crippen LogP contribution in [0.5, 0.6) is 0 Å². The predicted molar refractivity (Wildman–Crippen MR) is 54.8 cm³/mol. The molecule has 1 radical (unpaired) electrons. The van der Waals surface area contributed by atoms with Gasteiger partial charge in [-0.05, 0) is 0 Å². The van der Waals surface area contributed by atoms with E-state index in [1.54, 1.807) is 0 Å². The van der Waals surface area contributed by atoms with Crippen molar-refractivity contribution in [3.8, 4) is 0 Å². The van der Waals surface area contributed by atoms with Gasteiger partial charge < -0.3 is 0 Å². The Bertz CT molecular complexity index is 300. The third-order valence-corrected chi connectivity index (χ3v) is 3.40. The quantitative estimate of drug-likeness (QED) is 0.646. The molecule has 0 amide bonds. The SMILES string of the molecule is Cc1cc(C[Se])c(C)c(C)c1C. The second-order valence-corrected chi connectivity index (χ2v) is 3.98. The van der Waals surface area contributed by atoms with Crippen LogP contribution in [0.15, 0.2) is 6.07 Å². The fourth-order valence-corrected chi connectivity index (χ4v) is 2.07. The van der Waals surface area contributed by atoms with Crippen LogP contribution in [0.2, 0.25) is 0 Å². The fraction of sp³-hybridized carbons (Fsp3) is 0.455. The van der Waals surface area contributed by atoms with Crippen LogP contribution < -0.4 is 0 Å². The van der Waals surface area contributed by atoms with Crippen molar-refractivity contribution in [2.24, 2.45) is 0 Å². The van der Waals surface area contributed by atoms with Gasteiger partial charge in [0, 0.05) is 0 Å². The number of rotatable bonds is 1. The molecular weight excluding hydrogens is 211 g/mol. The minimum absolute atomic E-state index is 1.02. The van der Waals surface area contributed by atoms with E-state index in [9.17, 15) is 0 Å². The molecule has 0 aliphatic rings. The Balaban J connectivity index is 3.39. The first-order chi connectivity index (χ1) is 5.57. The second-order valence-electron chi connectivity index (χ2n) is 3.37. The van der Waals surface area contributed by atoms with E-state index in [0.717, 1.165) is 5.32 Å². The molecule has 12 heavy (non-hydrogen) atoms. The van der Waals surface area contributed by atoms with Crippen LogP contribution >= 0.6 is 0 Å². The average Bonchev–Trinajstić information content (AvgIpc) is 2.08. The van der Waals surface area contributed by atoms with Crippen LogP contribution in [-0.2, 0) is 5.32 Å². The molecule has 0 fully saturated rings. The summed E-state index contributed by atoms with van der Waals surface area (Å²) < 4.78 is 0. The Morgan fingerprint density at radius 3 is 2.08 bits per heavy atom. The van der Waals surface area contributed by atoms with E-state index in [-0.39, 0.29) is 0 Å². The Morgan fingerprint density at radius 1 is 1.00 bits per heavy atom. The van der Waals surface area contributed by atoms with Gasteiger partial charge in [0.15, 0.2) is 0 Å². The number of hydrogen-bond donors (Lipinski definition) is 0. The summed E-state index contributed by atoms with van der Waals surface area (Å²) in [7, 11) is 0. The average molecular weight is 226 g/mol. The van der Waals surface area contributed by atoms with E-state index < -0.39 is 0 Å². The third kappa shape index (κ3) is 1.57. The zero-order valence-electron chi connectivity index (χ0n) is 8.19. The molecule has 0 aliphatic heterocycles. The molecule has 1 aromatic carbocycles. The van der Waals surface area contributed by atoms with Crippen molar-refractivity contribution in [1.29, 1.82) is 0 Å². The molecule has 0 aliphatic carbocycles. The molecule has 0 aromatic heterocycles. The molecule has 0 spiro atoms. The number of hydrogen-bond acceptors (Lipinski definition) is 0. The molecule has 1 aromatic rings. The monoisotopic (exact) mass is 227 g/mol. The third-order valence-electron chi connectivity index (χ3n) is 2.74. The number of aryl methyl sites for hydroxylation is 1. The number of benzene rings is 1. The summed E-state index contributed by atoms with van der Waals surface area (Å²) in [4.78, 5) is 0. The van der Waals surface area contributed by atoms with Crippen LogP contribution in [-0.4, -0.2) is 16.0 Å². The summed E-state index contributed by atoms with van der Waals surface area (Å²) in [5, 5.41) is 1.02. The molecule has 0 N–H and O–H groups in total. The Hall–Kier alpha value is -0.261. The van der Waals surface area contributed by atoms with E-state index in [1.165, 1.54) is 27.8 Å². The summed E-state index contributed by atoms with van der Waals surface area (Å²) in [5.41, 5.74) is 7.17. The zero-order valence-corrected chi connectivity index (χ0v) is 9.91. The van der Waals surface area contributed by atoms with Gasteiger partial charge in [0.2, 0.25) is 0 Å². The van der Waals surface area contributed by atoms with Crippen molar-refractivity contribution >= 4 is 16.0 Å². The summed E-state index contributed by atoms with van der Waals surface area (Å²) in [5.74, 6) is 0. The maximum absolute atomic E-state index is 3.07. The van der Waals surface area contributed by atoms with Crippen molar-refractivity contribution in [3.63, 3.8) is 0 Å². The molecule has 0 heterocycles. The van der Waals surface area contributed by atoms with Gasteiger partial charge in [-0.1, -0.05) is 0 Å². The van der Waals surface area contributed by atoms with E-state index >= 15 is 0 Å². The topological polar surface area (TPSA) is 0 Å². The molecule has 0 saturated carbocycles. The first-order valence-electron chi connectivity index (χ1n) is 4.22. The summed E-state index contributed by atoms with van der Waals surface area (Å²) in [6.45, 7) is 8.78. The second kappa shape index (κ2) is 3.64. The standard InChI is InChI=1S/C11H15Se/c1-7-5-11(6-12)10(4)9(3)8(7)2/h5H,6H2,1-4H3. The minimum atomic E-state index is 1.02. The molecule has 0 nitrogen and oxygen atoms in total. The van der Waals surface area contributed by atoms with Gasteiger partial charge in [0.25, 0.3) is 0 Å². The molecule has 1 heteroatoms. The van der Waals surface area contributed by atoms with Gasteiger partial charge in [-0.3, -0.25) is 0 Å². The normalized spacial score (nSPS) is 10.4. The molecule has 65 valence electrons. The van der Waals surface area contributed by atoms with Gasteiger partial charge in [-0.25, -0.2) is 0 Å². The fourth-order valence-electron chi connectivity index (χ4n) is 1.45. The van der Waals surface area contributed by atoms with Crippen molar-refractivity contribution in [2.45, 2.75) is 33.0 Å². The predicted octanol–water partition coefficient (Wildman–Crippen LogP) is 2.59. The Labute approximate surface area is 83.2 Å². The first kappa shape index (κ1) is 9.82. The van der Waals surface area contributed by atoms with Crippen LogP contribution in [0.3, 0.4) is 0 Å².